The molecule has 0 bridgehead atoms. The van der Waals surface area contributed by atoms with Gasteiger partial charge in [0.25, 0.3) is 6.47 Å². The minimum Gasteiger partial charge on any atom is -0.665 e. The van der Waals surface area contributed by atoms with Gasteiger partial charge < -0.3 is 10.1 Å². The predicted octanol–water partition coefficient (Wildman–Crippen LogP) is -1.03. The summed E-state index contributed by atoms with van der Waals surface area (Å²) in [5, 5.41) is 3.74. The van der Waals surface area contributed by atoms with Crippen molar-refractivity contribution in [3.63, 3.8) is 0 Å². The molecule has 12 heavy (non-hydrogen) atoms. The third kappa shape index (κ3) is 30.5. The molecule has 0 radical (unpaired) electrons. The topological polar surface area (TPSA) is 40.4 Å². The van der Waals surface area contributed by atoms with E-state index in [1.54, 1.807) is 7.05 Å². The Morgan fingerprint density at radius 3 is 1.75 bits per heavy atom. The fourth-order valence-corrected chi connectivity index (χ4v) is 0.144. The van der Waals surface area contributed by atoms with E-state index < -0.39 is 0 Å². The van der Waals surface area contributed by atoms with Gasteiger partial charge in [0.2, 0.25) is 0 Å². The first-order chi connectivity index (χ1) is 4.97. The van der Waals surface area contributed by atoms with Gasteiger partial charge in [0.1, 0.15) is 5.60 Å². The molecule has 4 heteroatoms. The first kappa shape index (κ1) is 18.8. The van der Waals surface area contributed by atoms with Crippen molar-refractivity contribution in [2.24, 2.45) is 0 Å². The summed E-state index contributed by atoms with van der Waals surface area (Å²) in [7, 11) is 1.81. The molecule has 0 amide bonds. The summed E-state index contributed by atoms with van der Waals surface area (Å²) in [6, 6.07) is 0. The van der Waals surface area contributed by atoms with Gasteiger partial charge >= 0.3 is 51.4 Å². The molecule has 0 fully saturated rings. The van der Waals surface area contributed by atoms with Crippen LogP contribution in [0.2, 0.25) is 0 Å². The molecule has 0 aromatic heterocycles. The second kappa shape index (κ2) is 12.1. The molecule has 0 spiro atoms. The van der Waals surface area contributed by atoms with Crippen LogP contribution in [0.5, 0.6) is 0 Å². The van der Waals surface area contributed by atoms with Gasteiger partial charge in [0.15, 0.2) is 0 Å². The molecular weight excluding hydrogens is 181 g/mol. The maximum atomic E-state index is 9.60. The van der Waals surface area contributed by atoms with Crippen molar-refractivity contribution in [1.82, 2.24) is 0 Å². The van der Waals surface area contributed by atoms with Crippen LogP contribution >= 0.6 is 0 Å². The zero-order chi connectivity index (χ0) is 9.33. The number of hydrogen-bond donors (Lipinski definition) is 0. The Hall–Kier alpha value is 1.07. The molecule has 0 rings (SSSR count). The monoisotopic (exact) mass is 199 g/mol. The summed E-state index contributed by atoms with van der Waals surface area (Å²) in [4.78, 5) is 9.60. The van der Waals surface area contributed by atoms with E-state index in [0.29, 0.717) is 6.47 Å². The van der Waals surface area contributed by atoms with Crippen molar-refractivity contribution < 1.29 is 60.9 Å². The second-order valence-electron chi connectivity index (χ2n) is 2.96. The summed E-state index contributed by atoms with van der Waals surface area (Å²) < 4.78 is 4.55. The van der Waals surface area contributed by atoms with Crippen LogP contribution in [0.1, 0.15) is 27.7 Å². The fraction of sp³-hybridized carbons (Fsp3) is 0.875. The number of hydrogen-bond acceptors (Lipinski definition) is 2. The van der Waals surface area contributed by atoms with Gasteiger partial charge in [-0.1, -0.05) is 6.92 Å². The van der Waals surface area contributed by atoms with Crippen molar-refractivity contribution in [3.8, 4) is 0 Å². The van der Waals surface area contributed by atoms with Crippen molar-refractivity contribution in [2.75, 3.05) is 13.6 Å². The number of nitrogens with zero attached hydrogens (tertiary/aromatic N) is 1. The van der Waals surface area contributed by atoms with Gasteiger partial charge in [-0.3, -0.25) is 4.79 Å². The molecule has 0 aromatic carbocycles. The number of carbonyl (C=O) groups is 1. The van der Waals surface area contributed by atoms with E-state index in [2.05, 4.69) is 10.1 Å². The number of rotatable bonds is 2. The molecule has 3 nitrogen and oxygen atoms in total. The largest absolute Gasteiger partial charge is 1.00 e. The van der Waals surface area contributed by atoms with Crippen LogP contribution in [-0.4, -0.2) is 25.7 Å². The molecule has 0 unspecified atom stereocenters. The van der Waals surface area contributed by atoms with Crippen LogP contribution in [0.3, 0.4) is 0 Å². The van der Waals surface area contributed by atoms with Gasteiger partial charge in [-0.2, -0.15) is 13.6 Å². The zero-order valence-corrected chi connectivity index (χ0v) is 12.2. The minimum atomic E-state index is -0.318. The average molecular weight is 199 g/mol. The fourth-order valence-electron chi connectivity index (χ4n) is 0.144. The summed E-state index contributed by atoms with van der Waals surface area (Å²) >= 11 is 0. The summed E-state index contributed by atoms with van der Waals surface area (Å²) in [5.74, 6) is 0. The first-order valence-electron chi connectivity index (χ1n) is 3.65. The SMILES string of the molecule is CC(C)(C)OC=O.CC[N-]C.[K+]. The molecule has 0 heterocycles. The van der Waals surface area contributed by atoms with Crippen LogP contribution in [0, 0.1) is 0 Å². The molecule has 68 valence electrons. The molecule has 0 saturated heterocycles. The van der Waals surface area contributed by atoms with Gasteiger partial charge in [-0.15, -0.1) is 0 Å². The molecule has 0 aromatic rings. The minimum absolute atomic E-state index is 0. The van der Waals surface area contributed by atoms with E-state index >= 15 is 0 Å². The molecule has 0 aliphatic rings. The number of ether oxygens (including phenoxy) is 1. The van der Waals surface area contributed by atoms with Crippen LogP contribution in [0.4, 0.5) is 0 Å². The smallest absolute Gasteiger partial charge is 0.665 e. The van der Waals surface area contributed by atoms with Crippen LogP contribution in [0.25, 0.3) is 5.32 Å². The molecule has 0 N–H and O–H groups in total. The first-order valence-corrected chi connectivity index (χ1v) is 3.65. The third-order valence-electron chi connectivity index (χ3n) is 0.718. The Morgan fingerprint density at radius 1 is 1.42 bits per heavy atom. The average Bonchev–Trinajstić information content (AvgIpc) is 1.86. The van der Waals surface area contributed by atoms with Crippen LogP contribution in [0.15, 0.2) is 0 Å². The predicted molar refractivity (Wildman–Crippen MR) is 46.7 cm³/mol. The van der Waals surface area contributed by atoms with E-state index in [-0.39, 0.29) is 57.0 Å². The molecule has 0 atom stereocenters. The maximum Gasteiger partial charge on any atom is 1.00 e. The Bertz CT molecular complexity index is 89.5. The standard InChI is InChI=1S/C5H10O2.C3H8N.K/c1-5(2,3)7-4-6;1-3-4-2;/h4H,1-3H3;3H2,1-2H3;/q;-1;+1. The summed E-state index contributed by atoms with van der Waals surface area (Å²) in [6.07, 6.45) is 0. The van der Waals surface area contributed by atoms with E-state index in [9.17, 15) is 4.79 Å². The van der Waals surface area contributed by atoms with E-state index in [1.807, 2.05) is 27.7 Å². The van der Waals surface area contributed by atoms with Crippen molar-refractivity contribution >= 4 is 6.47 Å². The Labute approximate surface area is 118 Å². The quantitative estimate of drug-likeness (QED) is 0.421. The molecular formula is C8H18KNO2. The Morgan fingerprint density at radius 2 is 1.75 bits per heavy atom. The Kier molecular flexibility index (Phi) is 18.9. The van der Waals surface area contributed by atoms with Crippen molar-refractivity contribution in [1.29, 1.82) is 0 Å². The normalized spacial score (nSPS) is 8.75. The molecule has 0 saturated carbocycles. The van der Waals surface area contributed by atoms with Gasteiger partial charge in [-0.05, 0) is 20.8 Å². The second-order valence-corrected chi connectivity index (χ2v) is 2.96. The summed E-state index contributed by atoms with van der Waals surface area (Å²) in [5.41, 5.74) is -0.318. The Balaban J connectivity index is -0.000000142. The van der Waals surface area contributed by atoms with Crippen molar-refractivity contribution in [3.05, 3.63) is 5.32 Å². The van der Waals surface area contributed by atoms with Gasteiger partial charge in [0.05, 0.1) is 0 Å². The summed E-state index contributed by atoms with van der Waals surface area (Å²) in [6.45, 7) is 8.88. The van der Waals surface area contributed by atoms with Crippen LogP contribution in [-0.2, 0) is 9.53 Å². The van der Waals surface area contributed by atoms with Gasteiger partial charge in [0, 0.05) is 0 Å². The molecule has 0 aliphatic carbocycles. The van der Waals surface area contributed by atoms with E-state index in [0.717, 1.165) is 6.54 Å². The zero-order valence-electron chi connectivity index (χ0n) is 9.05. The van der Waals surface area contributed by atoms with Gasteiger partial charge in [-0.25, -0.2) is 0 Å². The molecule has 0 aliphatic heterocycles. The maximum absolute atomic E-state index is 9.60. The third-order valence-corrected chi connectivity index (χ3v) is 0.718. The van der Waals surface area contributed by atoms with E-state index in [4.69, 9.17) is 0 Å². The van der Waals surface area contributed by atoms with E-state index in [1.165, 1.54) is 0 Å². The van der Waals surface area contributed by atoms with Crippen molar-refractivity contribution in [2.45, 2.75) is 33.3 Å². The number of carbonyl (C=O) groups excluding carboxylic acids is 1. The van der Waals surface area contributed by atoms with Crippen LogP contribution < -0.4 is 51.4 Å².